The van der Waals surface area contributed by atoms with Gasteiger partial charge in [0.2, 0.25) is 0 Å². The zero-order chi connectivity index (χ0) is 5.82. The van der Waals surface area contributed by atoms with E-state index in [9.17, 15) is 0 Å². The van der Waals surface area contributed by atoms with Crippen molar-refractivity contribution in [2.75, 3.05) is 0 Å². The first-order valence-corrected chi connectivity index (χ1v) is 3.73. The van der Waals surface area contributed by atoms with Crippen LogP contribution in [-0.4, -0.2) is 7.28 Å². The van der Waals surface area contributed by atoms with Gasteiger partial charge >= 0.3 is 51.4 Å². The van der Waals surface area contributed by atoms with Gasteiger partial charge in [-0.3, -0.25) is 14.1 Å². The molecule has 0 aliphatic heterocycles. The van der Waals surface area contributed by atoms with Crippen molar-refractivity contribution in [2.45, 2.75) is 44.7 Å². The molecule has 0 nitrogen and oxygen atoms in total. The Kier molecular flexibility index (Phi) is 29.2. The second kappa shape index (κ2) is 15.0. The van der Waals surface area contributed by atoms with Crippen LogP contribution in [0.5, 0.6) is 0 Å². The molecule has 1 rings (SSSR count). The predicted octanol–water partition coefficient (Wildman–Crippen LogP) is 0.0653. The van der Waals surface area contributed by atoms with Gasteiger partial charge in [0.1, 0.15) is 7.28 Å². The van der Waals surface area contributed by atoms with Crippen molar-refractivity contribution in [1.82, 2.24) is 0 Å². The van der Waals surface area contributed by atoms with Crippen LogP contribution in [0.25, 0.3) is 0 Å². The maximum Gasteiger partial charge on any atom is 1.00 e. The molecule has 0 N–H and O–H groups in total. The molecule has 12 heavy (non-hydrogen) atoms. The van der Waals surface area contributed by atoms with E-state index in [-0.39, 0.29) is 66.9 Å². The summed E-state index contributed by atoms with van der Waals surface area (Å²) in [5.41, 5.74) is 0. The fraction of sp³-hybridized carbons (Fsp3) is 1.00. The summed E-state index contributed by atoms with van der Waals surface area (Å²) in [4.78, 5) is 0. The zero-order valence-corrected chi connectivity index (χ0v) is 11.0. The van der Waals surface area contributed by atoms with Gasteiger partial charge in [-0.15, -0.1) is 0 Å². The SMILES string of the molecule is C[B]C1CCCCC1.F.F.F.[H-].[K+]. The quantitative estimate of drug-likeness (QED) is 0.536. The average Bonchev–Trinajstić information content (AvgIpc) is 1.90. The van der Waals surface area contributed by atoms with Crippen molar-refractivity contribution < 1.29 is 66.9 Å². The van der Waals surface area contributed by atoms with Crippen LogP contribution in [0.4, 0.5) is 14.1 Å². The molecule has 1 saturated carbocycles. The molecule has 1 radical (unpaired) electrons. The summed E-state index contributed by atoms with van der Waals surface area (Å²) in [6.07, 6.45) is 7.32. The first kappa shape index (κ1) is 23.4. The van der Waals surface area contributed by atoms with E-state index in [0.717, 1.165) is 5.82 Å². The Bertz CT molecular complexity index is 74.8. The van der Waals surface area contributed by atoms with Gasteiger partial charge in [0.15, 0.2) is 0 Å². The summed E-state index contributed by atoms with van der Waals surface area (Å²) < 4.78 is 0. The van der Waals surface area contributed by atoms with Crippen molar-refractivity contribution >= 4 is 7.28 Å². The molecule has 0 aromatic rings. The fourth-order valence-corrected chi connectivity index (χ4v) is 1.47. The van der Waals surface area contributed by atoms with Crippen molar-refractivity contribution in [2.24, 2.45) is 0 Å². The maximum atomic E-state index is 2.36. The van der Waals surface area contributed by atoms with Gasteiger partial charge in [0.25, 0.3) is 0 Å². The van der Waals surface area contributed by atoms with Crippen LogP contribution in [0.3, 0.4) is 0 Å². The second-order valence-corrected chi connectivity index (χ2v) is 2.73. The normalized spacial score (nSPS) is 15.4. The Morgan fingerprint density at radius 1 is 1.00 bits per heavy atom. The molecule has 0 amide bonds. The Morgan fingerprint density at radius 2 is 1.42 bits per heavy atom. The smallest absolute Gasteiger partial charge is 1.00 e. The second-order valence-electron chi connectivity index (χ2n) is 2.73. The van der Waals surface area contributed by atoms with Crippen molar-refractivity contribution in [3.05, 3.63) is 0 Å². The first-order valence-electron chi connectivity index (χ1n) is 3.73. The van der Waals surface area contributed by atoms with Gasteiger partial charge in [-0.25, -0.2) is 0 Å². The zero-order valence-electron chi connectivity index (χ0n) is 8.91. The molecular formula is C7H18BF3K. The summed E-state index contributed by atoms with van der Waals surface area (Å²) in [6.45, 7) is 2.19. The van der Waals surface area contributed by atoms with E-state index in [2.05, 4.69) is 14.1 Å². The van der Waals surface area contributed by atoms with Gasteiger partial charge in [0.05, 0.1) is 0 Å². The summed E-state index contributed by atoms with van der Waals surface area (Å²) in [7, 11) is 2.36. The van der Waals surface area contributed by atoms with Crippen LogP contribution in [0.2, 0.25) is 12.6 Å². The van der Waals surface area contributed by atoms with Crippen LogP contribution in [0, 0.1) is 0 Å². The third-order valence-corrected chi connectivity index (χ3v) is 2.12. The molecule has 0 heterocycles. The Hall–Kier alpha value is 1.49. The van der Waals surface area contributed by atoms with Crippen LogP contribution >= 0.6 is 0 Å². The average molecular weight is 209 g/mol. The molecule has 0 aromatic heterocycles. The van der Waals surface area contributed by atoms with Gasteiger partial charge in [-0.1, -0.05) is 44.7 Å². The van der Waals surface area contributed by atoms with Crippen LogP contribution in [0.1, 0.15) is 33.5 Å². The van der Waals surface area contributed by atoms with Gasteiger partial charge in [-0.05, 0) is 0 Å². The molecule has 0 spiro atoms. The maximum absolute atomic E-state index is 2.36. The van der Waals surface area contributed by atoms with Crippen molar-refractivity contribution in [3.8, 4) is 0 Å². The molecule has 1 fully saturated rings. The molecule has 0 saturated heterocycles. The molecule has 0 aromatic carbocycles. The Morgan fingerprint density at radius 3 is 1.67 bits per heavy atom. The molecule has 5 heteroatoms. The minimum Gasteiger partial charge on any atom is -1.00 e. The summed E-state index contributed by atoms with van der Waals surface area (Å²) in [5, 5.41) is 0. The standard InChI is InChI=1S/C7H14B.3FH.K.H/c1-8-7-5-3-2-4-6-7;;;;;/h7H,2-6H2,1H3;3*1H;;/q;;;;+1;-1. The fourth-order valence-electron chi connectivity index (χ4n) is 1.47. The number of hydrogen-bond donors (Lipinski definition) is 0. The number of hydrogen-bond acceptors (Lipinski definition) is 0. The van der Waals surface area contributed by atoms with Crippen LogP contribution in [-0.2, 0) is 0 Å². The minimum absolute atomic E-state index is 0. The number of halogens is 3. The molecule has 0 atom stereocenters. The Balaban J connectivity index is -0.0000000427. The van der Waals surface area contributed by atoms with Crippen LogP contribution < -0.4 is 51.4 Å². The molecular weight excluding hydrogens is 191 g/mol. The third-order valence-electron chi connectivity index (χ3n) is 2.12. The van der Waals surface area contributed by atoms with Gasteiger partial charge < -0.3 is 1.43 Å². The summed E-state index contributed by atoms with van der Waals surface area (Å²) in [6, 6.07) is 0. The largest absolute Gasteiger partial charge is 1.00 e. The van der Waals surface area contributed by atoms with Crippen LogP contribution in [0.15, 0.2) is 0 Å². The van der Waals surface area contributed by atoms with E-state index < -0.39 is 0 Å². The molecule has 71 valence electrons. The van der Waals surface area contributed by atoms with E-state index in [0.29, 0.717) is 0 Å². The number of rotatable bonds is 1. The van der Waals surface area contributed by atoms with E-state index in [1.807, 2.05) is 0 Å². The molecule has 1 aliphatic rings. The molecule has 0 unspecified atom stereocenters. The predicted molar refractivity (Wildman–Crippen MR) is 47.1 cm³/mol. The van der Waals surface area contributed by atoms with E-state index in [1.165, 1.54) is 32.1 Å². The van der Waals surface area contributed by atoms with Gasteiger partial charge in [0, 0.05) is 0 Å². The van der Waals surface area contributed by atoms with E-state index in [4.69, 9.17) is 0 Å². The third kappa shape index (κ3) is 9.58. The van der Waals surface area contributed by atoms with E-state index in [1.54, 1.807) is 0 Å². The first-order chi connectivity index (χ1) is 3.93. The topological polar surface area (TPSA) is 0 Å². The minimum atomic E-state index is 0. The van der Waals surface area contributed by atoms with E-state index >= 15 is 0 Å². The summed E-state index contributed by atoms with van der Waals surface area (Å²) in [5.74, 6) is 0.962. The molecule has 0 bridgehead atoms. The summed E-state index contributed by atoms with van der Waals surface area (Å²) >= 11 is 0. The van der Waals surface area contributed by atoms with Crippen molar-refractivity contribution in [1.29, 1.82) is 0 Å². The molecule has 1 aliphatic carbocycles. The monoisotopic (exact) mass is 209 g/mol. The van der Waals surface area contributed by atoms with Crippen molar-refractivity contribution in [3.63, 3.8) is 0 Å². The Labute approximate surface area is 118 Å². The van der Waals surface area contributed by atoms with Gasteiger partial charge in [-0.2, -0.15) is 0 Å².